The van der Waals surface area contributed by atoms with Crippen LogP contribution in [0.15, 0.2) is 54.6 Å². The van der Waals surface area contributed by atoms with Crippen LogP contribution in [-0.4, -0.2) is 11.1 Å². The summed E-state index contributed by atoms with van der Waals surface area (Å²) in [7, 11) is 0. The number of carbonyl (C=O) groups excluding carboxylic acids is 1. The Balaban J connectivity index is 1.98. The zero-order valence-corrected chi connectivity index (χ0v) is 11.2. The topological polar surface area (TPSA) is 58.6 Å². The predicted molar refractivity (Wildman–Crippen MR) is 75.6 cm³/mol. The molecule has 0 bridgehead atoms. The van der Waals surface area contributed by atoms with E-state index in [1.54, 1.807) is 5.48 Å². The maximum atomic E-state index is 11.0. The van der Waals surface area contributed by atoms with E-state index >= 15 is 0 Å². The Kier molecular flexibility index (Phi) is 4.74. The smallest absolute Gasteiger partial charge is 0.247 e. The molecule has 1 atom stereocenters. The van der Waals surface area contributed by atoms with Crippen molar-refractivity contribution in [2.75, 3.05) is 0 Å². The minimum Gasteiger partial charge on any atom is -0.486 e. The number of hydrogen-bond donors (Lipinski definition) is 2. The van der Waals surface area contributed by atoms with Crippen molar-refractivity contribution in [2.45, 2.75) is 19.4 Å². The predicted octanol–water partition coefficient (Wildman–Crippen LogP) is 2.87. The van der Waals surface area contributed by atoms with Crippen molar-refractivity contribution in [1.82, 2.24) is 5.48 Å². The molecule has 0 aliphatic rings. The summed E-state index contributed by atoms with van der Waals surface area (Å²) >= 11 is 0. The Morgan fingerprint density at radius 2 is 1.80 bits per heavy atom. The molecule has 0 aliphatic heterocycles. The average molecular weight is 271 g/mol. The van der Waals surface area contributed by atoms with Crippen LogP contribution in [0.3, 0.4) is 0 Å². The molecule has 0 radical (unpaired) electrons. The molecule has 0 spiro atoms. The van der Waals surface area contributed by atoms with Crippen LogP contribution >= 0.6 is 0 Å². The van der Waals surface area contributed by atoms with Crippen molar-refractivity contribution in [2.24, 2.45) is 0 Å². The summed E-state index contributed by atoms with van der Waals surface area (Å²) in [6.45, 7) is 1.99. The summed E-state index contributed by atoms with van der Waals surface area (Å²) in [4.78, 5) is 11.0. The van der Waals surface area contributed by atoms with Gasteiger partial charge in [0.2, 0.25) is 5.91 Å². The minimum absolute atomic E-state index is 0.0391. The Morgan fingerprint density at radius 3 is 2.40 bits per heavy atom. The van der Waals surface area contributed by atoms with Crippen LogP contribution < -0.4 is 10.2 Å². The number of nitrogens with one attached hydrogen (secondary N) is 1. The second-order valence-electron chi connectivity index (χ2n) is 4.53. The summed E-state index contributed by atoms with van der Waals surface area (Å²) in [6, 6.07) is 17.2. The van der Waals surface area contributed by atoms with Gasteiger partial charge >= 0.3 is 0 Å². The molecule has 0 saturated carbocycles. The van der Waals surface area contributed by atoms with Crippen LogP contribution in [0.25, 0.3) is 0 Å². The van der Waals surface area contributed by atoms with Crippen LogP contribution in [0.4, 0.5) is 0 Å². The summed E-state index contributed by atoms with van der Waals surface area (Å²) in [5.74, 6) is 0.311. The number of amides is 1. The average Bonchev–Trinajstić information content (AvgIpc) is 2.50. The zero-order chi connectivity index (χ0) is 14.4. The van der Waals surface area contributed by atoms with E-state index in [1.165, 1.54) is 0 Å². The second kappa shape index (κ2) is 6.73. The summed E-state index contributed by atoms with van der Waals surface area (Å²) in [5, 5.41) is 8.47. The van der Waals surface area contributed by atoms with Gasteiger partial charge in [-0.1, -0.05) is 42.5 Å². The molecule has 2 aromatic carbocycles. The van der Waals surface area contributed by atoms with Crippen molar-refractivity contribution in [1.29, 1.82) is 0 Å². The Labute approximate surface area is 118 Å². The second-order valence-corrected chi connectivity index (χ2v) is 4.53. The highest BCUT2D eigenvalue weighted by Gasteiger charge is 2.07. The lowest BCUT2D eigenvalue weighted by molar-refractivity contribution is -0.128. The van der Waals surface area contributed by atoms with Gasteiger partial charge in [-0.25, -0.2) is 5.48 Å². The molecule has 2 rings (SSSR count). The lowest BCUT2D eigenvalue weighted by atomic mass is 10.1. The highest BCUT2D eigenvalue weighted by Crippen LogP contribution is 2.21. The van der Waals surface area contributed by atoms with Gasteiger partial charge in [0.25, 0.3) is 0 Å². The number of ether oxygens (including phenoxy) is 1. The molecule has 0 heterocycles. The number of rotatable bonds is 5. The minimum atomic E-state index is -0.434. The molecule has 0 fully saturated rings. The normalized spacial score (nSPS) is 11.7. The van der Waals surface area contributed by atoms with Crippen LogP contribution in [0.5, 0.6) is 5.75 Å². The highest BCUT2D eigenvalue weighted by atomic mass is 16.5. The fourth-order valence-electron chi connectivity index (χ4n) is 1.91. The molecule has 0 saturated heterocycles. The van der Waals surface area contributed by atoms with Gasteiger partial charge < -0.3 is 4.74 Å². The largest absolute Gasteiger partial charge is 0.486 e. The monoisotopic (exact) mass is 271 g/mol. The van der Waals surface area contributed by atoms with Crippen molar-refractivity contribution in [3.05, 3.63) is 65.7 Å². The molecule has 1 unspecified atom stereocenters. The van der Waals surface area contributed by atoms with Crippen molar-refractivity contribution < 1.29 is 14.7 Å². The fourth-order valence-corrected chi connectivity index (χ4v) is 1.91. The quantitative estimate of drug-likeness (QED) is 0.649. The molecule has 2 aromatic rings. The van der Waals surface area contributed by atoms with Gasteiger partial charge in [-0.3, -0.25) is 10.0 Å². The molecule has 4 heteroatoms. The lowest BCUT2D eigenvalue weighted by Gasteiger charge is -2.15. The maximum Gasteiger partial charge on any atom is 0.247 e. The van der Waals surface area contributed by atoms with E-state index < -0.39 is 5.91 Å². The first-order valence-electron chi connectivity index (χ1n) is 6.42. The van der Waals surface area contributed by atoms with Crippen LogP contribution in [0.2, 0.25) is 0 Å². The molecular weight excluding hydrogens is 254 g/mol. The van der Waals surface area contributed by atoms with Crippen molar-refractivity contribution in [3.8, 4) is 5.75 Å². The Bertz CT molecular complexity index is 552. The first-order chi connectivity index (χ1) is 9.69. The van der Waals surface area contributed by atoms with E-state index in [0.717, 1.165) is 16.9 Å². The van der Waals surface area contributed by atoms with Gasteiger partial charge in [0.1, 0.15) is 11.9 Å². The standard InChI is InChI=1S/C16H17NO3/c1-12(14-5-3-2-4-6-14)20-15-9-7-13(8-10-15)11-16(18)17-19/h2-10,12,19H,11H2,1H3,(H,17,18). The SMILES string of the molecule is CC(Oc1ccc(CC(=O)NO)cc1)c1ccccc1. The first-order valence-corrected chi connectivity index (χ1v) is 6.42. The third kappa shape index (κ3) is 3.83. The summed E-state index contributed by atoms with van der Waals surface area (Å²) in [5.41, 5.74) is 3.54. The Hall–Kier alpha value is -2.33. The van der Waals surface area contributed by atoms with E-state index in [2.05, 4.69) is 0 Å². The third-order valence-electron chi connectivity index (χ3n) is 2.99. The summed E-state index contributed by atoms with van der Waals surface area (Å²) < 4.78 is 5.84. The first kappa shape index (κ1) is 14.1. The molecule has 0 aromatic heterocycles. The van der Waals surface area contributed by atoms with E-state index in [0.29, 0.717) is 0 Å². The van der Waals surface area contributed by atoms with E-state index in [1.807, 2.05) is 61.5 Å². The molecule has 1 amide bonds. The number of hydroxylamine groups is 1. The van der Waals surface area contributed by atoms with E-state index in [-0.39, 0.29) is 12.5 Å². The molecule has 2 N–H and O–H groups in total. The van der Waals surface area contributed by atoms with Crippen LogP contribution in [0.1, 0.15) is 24.2 Å². The molecular formula is C16H17NO3. The molecule has 4 nitrogen and oxygen atoms in total. The number of hydrogen-bond acceptors (Lipinski definition) is 3. The van der Waals surface area contributed by atoms with Crippen molar-refractivity contribution >= 4 is 5.91 Å². The van der Waals surface area contributed by atoms with E-state index in [4.69, 9.17) is 9.94 Å². The van der Waals surface area contributed by atoms with Crippen molar-refractivity contribution in [3.63, 3.8) is 0 Å². The fraction of sp³-hybridized carbons (Fsp3) is 0.188. The van der Waals surface area contributed by atoms with Gasteiger partial charge in [0.15, 0.2) is 0 Å². The number of benzene rings is 2. The van der Waals surface area contributed by atoms with Crippen LogP contribution in [-0.2, 0) is 11.2 Å². The third-order valence-corrected chi connectivity index (χ3v) is 2.99. The van der Waals surface area contributed by atoms with E-state index in [9.17, 15) is 4.79 Å². The maximum absolute atomic E-state index is 11.0. The lowest BCUT2D eigenvalue weighted by Crippen LogP contribution is -2.20. The van der Waals surface area contributed by atoms with Crippen LogP contribution in [0, 0.1) is 0 Å². The molecule has 0 aliphatic carbocycles. The van der Waals surface area contributed by atoms with Gasteiger partial charge in [-0.2, -0.15) is 0 Å². The zero-order valence-electron chi connectivity index (χ0n) is 11.2. The highest BCUT2D eigenvalue weighted by molar-refractivity contribution is 5.77. The summed E-state index contributed by atoms with van der Waals surface area (Å²) in [6.07, 6.45) is 0.105. The molecule has 104 valence electrons. The van der Waals surface area contributed by atoms with Gasteiger partial charge in [0.05, 0.1) is 6.42 Å². The van der Waals surface area contributed by atoms with Gasteiger partial charge in [-0.05, 0) is 30.2 Å². The Morgan fingerprint density at radius 1 is 1.15 bits per heavy atom. The number of carbonyl (C=O) groups is 1. The van der Waals surface area contributed by atoms with Gasteiger partial charge in [0, 0.05) is 0 Å². The van der Waals surface area contributed by atoms with Gasteiger partial charge in [-0.15, -0.1) is 0 Å². The molecule has 20 heavy (non-hydrogen) atoms.